The number of imidazole rings is 1. The van der Waals surface area contributed by atoms with Gasteiger partial charge in [0.25, 0.3) is 0 Å². The van der Waals surface area contributed by atoms with Crippen LogP contribution in [0.1, 0.15) is 23.0 Å². The summed E-state index contributed by atoms with van der Waals surface area (Å²) in [7, 11) is 2.13. The summed E-state index contributed by atoms with van der Waals surface area (Å²) in [5.41, 5.74) is 4.88. The Balaban J connectivity index is 1.84. The van der Waals surface area contributed by atoms with Gasteiger partial charge >= 0.3 is 0 Å². The fraction of sp³-hybridized carbons (Fsp3) is 0.350. The van der Waals surface area contributed by atoms with Gasteiger partial charge in [0, 0.05) is 33.2 Å². The molecule has 1 aliphatic rings. The molecule has 0 spiro atoms. The van der Waals surface area contributed by atoms with Crippen molar-refractivity contribution in [3.05, 3.63) is 65.5 Å². The van der Waals surface area contributed by atoms with Crippen LogP contribution < -0.4 is 5.32 Å². The van der Waals surface area contributed by atoms with Crippen molar-refractivity contribution in [3.63, 3.8) is 0 Å². The molecule has 1 fully saturated rings. The molecule has 1 aromatic heterocycles. The van der Waals surface area contributed by atoms with Crippen molar-refractivity contribution < 1.29 is 0 Å². The Hall–Kier alpha value is -2.17. The van der Waals surface area contributed by atoms with E-state index in [2.05, 4.69) is 77.3 Å². The number of aromatic nitrogens is 2. The second-order valence-corrected chi connectivity index (χ2v) is 6.62. The molecule has 0 amide bonds. The van der Waals surface area contributed by atoms with Gasteiger partial charge in [-0.05, 0) is 24.6 Å². The van der Waals surface area contributed by atoms with Crippen LogP contribution in [0.15, 0.2) is 48.5 Å². The summed E-state index contributed by atoms with van der Waals surface area (Å²) in [4.78, 5) is 7.53. The van der Waals surface area contributed by atoms with Crippen LogP contribution in [0.4, 0.5) is 0 Å². The Bertz CT molecular complexity index is 828. The summed E-state index contributed by atoms with van der Waals surface area (Å²) in [6, 6.07) is 17.5. The van der Waals surface area contributed by atoms with Crippen molar-refractivity contribution in [2.24, 2.45) is 7.05 Å². The molecule has 0 radical (unpaired) electrons. The van der Waals surface area contributed by atoms with Crippen molar-refractivity contribution in [2.75, 3.05) is 26.2 Å². The number of benzene rings is 2. The number of aryl methyl sites for hydroxylation is 2. The van der Waals surface area contributed by atoms with E-state index in [0.717, 1.165) is 37.5 Å². The highest BCUT2D eigenvalue weighted by Crippen LogP contribution is 2.30. The quantitative estimate of drug-likeness (QED) is 0.805. The van der Waals surface area contributed by atoms with Crippen LogP contribution in [0.5, 0.6) is 0 Å². The highest BCUT2D eigenvalue weighted by atomic mass is 15.2. The minimum absolute atomic E-state index is 0.199. The van der Waals surface area contributed by atoms with Gasteiger partial charge in [-0.1, -0.05) is 42.0 Å². The number of hydrogen-bond donors (Lipinski definition) is 1. The van der Waals surface area contributed by atoms with Crippen molar-refractivity contribution in [2.45, 2.75) is 13.0 Å². The van der Waals surface area contributed by atoms with Crippen LogP contribution >= 0.6 is 0 Å². The topological polar surface area (TPSA) is 33.1 Å². The lowest BCUT2D eigenvalue weighted by Crippen LogP contribution is -2.46. The van der Waals surface area contributed by atoms with E-state index in [0.29, 0.717) is 0 Å². The predicted octanol–water partition coefficient (Wildman–Crippen LogP) is 2.88. The zero-order valence-electron chi connectivity index (χ0n) is 14.4. The van der Waals surface area contributed by atoms with Crippen LogP contribution in [-0.2, 0) is 7.05 Å². The maximum absolute atomic E-state index is 4.99. The summed E-state index contributed by atoms with van der Waals surface area (Å²) in [5, 5.41) is 3.45. The third kappa shape index (κ3) is 2.72. The molecule has 4 heteroatoms. The molecule has 1 atom stereocenters. The molecule has 3 aromatic rings. The lowest BCUT2D eigenvalue weighted by molar-refractivity contribution is 0.190. The first-order valence-corrected chi connectivity index (χ1v) is 8.67. The molecular formula is C20H24N4. The van der Waals surface area contributed by atoms with E-state index in [9.17, 15) is 0 Å². The molecule has 2 heterocycles. The number of hydrogen-bond acceptors (Lipinski definition) is 3. The molecule has 24 heavy (non-hydrogen) atoms. The molecular weight excluding hydrogens is 296 g/mol. The Labute approximate surface area is 143 Å². The van der Waals surface area contributed by atoms with Crippen LogP contribution in [0.3, 0.4) is 0 Å². The average molecular weight is 320 g/mol. The van der Waals surface area contributed by atoms with Gasteiger partial charge in [0.05, 0.1) is 17.1 Å². The minimum atomic E-state index is 0.199. The molecule has 2 aromatic carbocycles. The van der Waals surface area contributed by atoms with E-state index in [1.807, 2.05) is 0 Å². The summed E-state index contributed by atoms with van der Waals surface area (Å²) < 4.78 is 2.25. The minimum Gasteiger partial charge on any atom is -0.329 e. The van der Waals surface area contributed by atoms with E-state index >= 15 is 0 Å². The van der Waals surface area contributed by atoms with Crippen LogP contribution in [0.25, 0.3) is 11.0 Å². The van der Waals surface area contributed by atoms with Gasteiger partial charge in [-0.2, -0.15) is 0 Å². The smallest absolute Gasteiger partial charge is 0.131 e. The van der Waals surface area contributed by atoms with Crippen LogP contribution in [0.2, 0.25) is 0 Å². The molecule has 0 aliphatic carbocycles. The highest BCUT2D eigenvalue weighted by Gasteiger charge is 2.28. The van der Waals surface area contributed by atoms with Gasteiger partial charge in [0.15, 0.2) is 0 Å². The molecule has 0 bridgehead atoms. The molecule has 1 N–H and O–H groups in total. The lowest BCUT2D eigenvalue weighted by Gasteiger charge is -2.34. The summed E-state index contributed by atoms with van der Waals surface area (Å²) in [6.07, 6.45) is 0. The SMILES string of the molecule is Cc1ccc(C(c2nc3ccccc3n2C)N2CCNCC2)cc1. The van der Waals surface area contributed by atoms with Crippen LogP contribution in [0, 0.1) is 6.92 Å². The standard InChI is InChI=1S/C20H24N4/c1-15-7-9-16(10-8-15)19(24-13-11-21-12-14-24)20-22-17-5-3-4-6-18(17)23(20)2/h3-10,19,21H,11-14H2,1-2H3. The molecule has 4 nitrogen and oxygen atoms in total. The maximum Gasteiger partial charge on any atom is 0.131 e. The molecule has 0 saturated carbocycles. The fourth-order valence-electron chi connectivity index (χ4n) is 3.62. The van der Waals surface area contributed by atoms with Crippen LogP contribution in [-0.4, -0.2) is 40.6 Å². The Kier molecular flexibility index (Phi) is 4.08. The van der Waals surface area contributed by atoms with E-state index < -0.39 is 0 Å². The zero-order chi connectivity index (χ0) is 16.5. The predicted molar refractivity (Wildman–Crippen MR) is 98.2 cm³/mol. The van der Waals surface area contributed by atoms with E-state index in [4.69, 9.17) is 4.98 Å². The van der Waals surface area contributed by atoms with Crippen molar-refractivity contribution in [1.29, 1.82) is 0 Å². The number of rotatable bonds is 3. The van der Waals surface area contributed by atoms with Gasteiger partial charge in [-0.15, -0.1) is 0 Å². The highest BCUT2D eigenvalue weighted by molar-refractivity contribution is 5.76. The third-order valence-corrected chi connectivity index (χ3v) is 4.98. The third-order valence-electron chi connectivity index (χ3n) is 4.98. The van der Waals surface area contributed by atoms with E-state index in [-0.39, 0.29) is 6.04 Å². The summed E-state index contributed by atoms with van der Waals surface area (Å²) in [5.74, 6) is 1.13. The normalized spacial score (nSPS) is 17.2. The van der Waals surface area contributed by atoms with Gasteiger partial charge < -0.3 is 9.88 Å². The van der Waals surface area contributed by atoms with Crippen molar-refractivity contribution in [3.8, 4) is 0 Å². The molecule has 1 saturated heterocycles. The number of nitrogens with zero attached hydrogens (tertiary/aromatic N) is 3. The summed E-state index contributed by atoms with van der Waals surface area (Å²) in [6.45, 7) is 6.29. The number of fused-ring (bicyclic) bond motifs is 1. The number of piperazine rings is 1. The largest absolute Gasteiger partial charge is 0.329 e. The maximum atomic E-state index is 4.99. The van der Waals surface area contributed by atoms with Gasteiger partial charge in [0.2, 0.25) is 0 Å². The molecule has 124 valence electrons. The summed E-state index contributed by atoms with van der Waals surface area (Å²) >= 11 is 0. The fourth-order valence-corrected chi connectivity index (χ4v) is 3.62. The first kappa shape index (κ1) is 15.4. The number of nitrogens with one attached hydrogen (secondary N) is 1. The van der Waals surface area contributed by atoms with E-state index in [1.54, 1.807) is 0 Å². The van der Waals surface area contributed by atoms with Crippen molar-refractivity contribution >= 4 is 11.0 Å². The number of para-hydroxylation sites is 2. The molecule has 1 unspecified atom stereocenters. The van der Waals surface area contributed by atoms with Crippen molar-refractivity contribution in [1.82, 2.24) is 19.8 Å². The average Bonchev–Trinajstić information content (AvgIpc) is 2.95. The Morgan fingerprint density at radius 1 is 1.00 bits per heavy atom. The lowest BCUT2D eigenvalue weighted by atomic mass is 10.0. The second-order valence-electron chi connectivity index (χ2n) is 6.62. The van der Waals surface area contributed by atoms with Gasteiger partial charge in [0.1, 0.15) is 5.82 Å². The Morgan fingerprint density at radius 2 is 1.71 bits per heavy atom. The monoisotopic (exact) mass is 320 g/mol. The molecule has 4 rings (SSSR count). The second kappa shape index (κ2) is 6.38. The first-order chi connectivity index (χ1) is 11.7. The molecule has 1 aliphatic heterocycles. The van der Waals surface area contributed by atoms with E-state index in [1.165, 1.54) is 16.6 Å². The van der Waals surface area contributed by atoms with Gasteiger partial charge in [-0.3, -0.25) is 4.90 Å². The van der Waals surface area contributed by atoms with Gasteiger partial charge in [-0.25, -0.2) is 4.98 Å². The first-order valence-electron chi connectivity index (χ1n) is 8.67. The zero-order valence-corrected chi connectivity index (χ0v) is 14.4. The Morgan fingerprint density at radius 3 is 2.42 bits per heavy atom.